The van der Waals surface area contributed by atoms with Crippen LogP contribution >= 0.6 is 11.6 Å². The number of aliphatic carboxylic acids is 1. The number of aliphatic hydroxyl groups is 1. The van der Waals surface area contributed by atoms with E-state index >= 15 is 0 Å². The Labute approximate surface area is 145 Å². The normalized spacial score (nSPS) is 16.6. The second-order valence-electron chi connectivity index (χ2n) is 6.14. The number of hydrogen-bond acceptors (Lipinski definition) is 4. The van der Waals surface area contributed by atoms with Crippen molar-refractivity contribution in [1.29, 1.82) is 0 Å². The summed E-state index contributed by atoms with van der Waals surface area (Å²) in [6.07, 6.45) is 3.49. The standard InChI is InChI=1S/C16H21ClN2O5/c1-16(23,14(20)21)9-18-15(22)19-12-7-11(17)5-6-13(12)24-8-10-3-2-4-10/h5-7,10,23H,2-4,8-9H2,1H3,(H,20,21)(H2,18,19,22). The summed E-state index contributed by atoms with van der Waals surface area (Å²) in [6, 6.07) is 4.22. The summed E-state index contributed by atoms with van der Waals surface area (Å²) < 4.78 is 5.74. The van der Waals surface area contributed by atoms with Crippen LogP contribution in [0.4, 0.5) is 10.5 Å². The number of ether oxygens (including phenoxy) is 1. The van der Waals surface area contributed by atoms with Crippen molar-refractivity contribution in [3.8, 4) is 5.75 Å². The number of benzene rings is 1. The van der Waals surface area contributed by atoms with Crippen LogP contribution < -0.4 is 15.4 Å². The van der Waals surface area contributed by atoms with Crippen molar-refractivity contribution in [2.75, 3.05) is 18.5 Å². The highest BCUT2D eigenvalue weighted by Crippen LogP contribution is 2.31. The topological polar surface area (TPSA) is 108 Å². The van der Waals surface area contributed by atoms with Crippen molar-refractivity contribution >= 4 is 29.3 Å². The molecule has 0 saturated heterocycles. The molecule has 0 aliphatic heterocycles. The number of nitrogens with one attached hydrogen (secondary N) is 2. The van der Waals surface area contributed by atoms with E-state index in [1.807, 2.05) is 0 Å². The van der Waals surface area contributed by atoms with E-state index in [-0.39, 0.29) is 0 Å². The SMILES string of the molecule is CC(O)(CNC(=O)Nc1cc(Cl)ccc1OCC1CCC1)C(=O)O. The first kappa shape index (κ1) is 18.4. The fourth-order valence-corrected chi connectivity index (χ4v) is 2.26. The van der Waals surface area contributed by atoms with Gasteiger partial charge >= 0.3 is 12.0 Å². The lowest BCUT2D eigenvalue weighted by Gasteiger charge is -2.25. The molecule has 7 nitrogen and oxygen atoms in total. The van der Waals surface area contributed by atoms with Gasteiger partial charge in [-0.15, -0.1) is 0 Å². The molecule has 2 amide bonds. The first-order chi connectivity index (χ1) is 11.3. The fraction of sp³-hybridized carbons (Fsp3) is 0.500. The van der Waals surface area contributed by atoms with Gasteiger partial charge in [0.15, 0.2) is 5.60 Å². The first-order valence-electron chi connectivity index (χ1n) is 7.71. The molecule has 132 valence electrons. The zero-order valence-electron chi connectivity index (χ0n) is 13.3. The smallest absolute Gasteiger partial charge is 0.337 e. The molecule has 1 unspecified atom stereocenters. The molecule has 0 bridgehead atoms. The minimum atomic E-state index is -2.05. The molecule has 1 fully saturated rings. The van der Waals surface area contributed by atoms with Crippen molar-refractivity contribution in [1.82, 2.24) is 5.32 Å². The van der Waals surface area contributed by atoms with Crippen LogP contribution in [0.3, 0.4) is 0 Å². The van der Waals surface area contributed by atoms with Gasteiger partial charge in [-0.1, -0.05) is 18.0 Å². The van der Waals surface area contributed by atoms with E-state index in [1.165, 1.54) is 6.42 Å². The highest BCUT2D eigenvalue weighted by atomic mass is 35.5. The maximum Gasteiger partial charge on any atom is 0.337 e. The molecule has 0 heterocycles. The predicted octanol–water partition coefficient (Wildman–Crippen LogP) is 2.48. The van der Waals surface area contributed by atoms with Gasteiger partial charge in [0.1, 0.15) is 5.75 Å². The van der Waals surface area contributed by atoms with Gasteiger partial charge in [-0.25, -0.2) is 9.59 Å². The Hall–Kier alpha value is -1.99. The molecule has 4 N–H and O–H groups in total. The van der Waals surface area contributed by atoms with E-state index in [9.17, 15) is 14.7 Å². The van der Waals surface area contributed by atoms with Gasteiger partial charge in [-0.3, -0.25) is 0 Å². The summed E-state index contributed by atoms with van der Waals surface area (Å²) in [4.78, 5) is 22.7. The minimum absolute atomic E-state index is 0.384. The van der Waals surface area contributed by atoms with Gasteiger partial charge in [0.25, 0.3) is 0 Å². The second-order valence-corrected chi connectivity index (χ2v) is 6.57. The number of rotatable bonds is 7. The minimum Gasteiger partial charge on any atom is -0.491 e. The van der Waals surface area contributed by atoms with Crippen molar-refractivity contribution < 1.29 is 24.5 Å². The number of urea groups is 1. The fourth-order valence-electron chi connectivity index (χ4n) is 2.09. The Kier molecular flexibility index (Phi) is 5.90. The molecule has 0 aromatic heterocycles. The van der Waals surface area contributed by atoms with Gasteiger partial charge in [0, 0.05) is 5.02 Å². The molecule has 1 aliphatic rings. The maximum absolute atomic E-state index is 11.9. The zero-order valence-corrected chi connectivity index (χ0v) is 14.1. The quantitative estimate of drug-likeness (QED) is 0.600. The van der Waals surface area contributed by atoms with Crippen molar-refractivity contribution in [3.05, 3.63) is 23.2 Å². The summed E-state index contributed by atoms with van der Waals surface area (Å²) in [5.41, 5.74) is -1.66. The van der Waals surface area contributed by atoms with Gasteiger partial charge in [0.2, 0.25) is 0 Å². The van der Waals surface area contributed by atoms with Crippen LogP contribution in [0.25, 0.3) is 0 Å². The predicted molar refractivity (Wildman–Crippen MR) is 89.6 cm³/mol. The molecule has 0 spiro atoms. The molecule has 1 atom stereocenters. The Morgan fingerprint density at radius 1 is 1.42 bits per heavy atom. The molecule has 1 aromatic rings. The van der Waals surface area contributed by atoms with E-state index < -0.39 is 24.1 Å². The summed E-state index contributed by atoms with van der Waals surface area (Å²) in [6.45, 7) is 1.24. The number of anilines is 1. The van der Waals surface area contributed by atoms with Crippen LogP contribution in [-0.2, 0) is 4.79 Å². The van der Waals surface area contributed by atoms with E-state index in [0.29, 0.717) is 29.0 Å². The monoisotopic (exact) mass is 356 g/mol. The highest BCUT2D eigenvalue weighted by molar-refractivity contribution is 6.31. The Morgan fingerprint density at radius 3 is 2.71 bits per heavy atom. The Morgan fingerprint density at radius 2 is 2.12 bits per heavy atom. The third-order valence-corrected chi connectivity index (χ3v) is 4.18. The van der Waals surface area contributed by atoms with E-state index in [4.69, 9.17) is 21.4 Å². The Balaban J connectivity index is 1.95. The molecular formula is C16H21ClN2O5. The van der Waals surface area contributed by atoms with E-state index in [0.717, 1.165) is 19.8 Å². The summed E-state index contributed by atoms with van der Waals surface area (Å²) in [5.74, 6) is -0.394. The average molecular weight is 357 g/mol. The van der Waals surface area contributed by atoms with Gasteiger partial charge in [0.05, 0.1) is 18.8 Å². The van der Waals surface area contributed by atoms with Crippen LogP contribution in [-0.4, -0.2) is 41.0 Å². The first-order valence-corrected chi connectivity index (χ1v) is 8.09. The van der Waals surface area contributed by atoms with Crippen LogP contribution in [0.5, 0.6) is 5.75 Å². The van der Waals surface area contributed by atoms with Crippen LogP contribution in [0.15, 0.2) is 18.2 Å². The van der Waals surface area contributed by atoms with Crippen molar-refractivity contribution in [2.24, 2.45) is 5.92 Å². The molecule has 2 rings (SSSR count). The molecule has 0 radical (unpaired) electrons. The van der Waals surface area contributed by atoms with Crippen molar-refractivity contribution in [3.63, 3.8) is 0 Å². The van der Waals surface area contributed by atoms with Gasteiger partial charge in [-0.05, 0) is 43.9 Å². The lowest BCUT2D eigenvalue weighted by molar-refractivity contribution is -0.155. The largest absolute Gasteiger partial charge is 0.491 e. The number of amides is 2. The molecule has 8 heteroatoms. The number of halogens is 1. The number of carboxylic acids is 1. The second kappa shape index (κ2) is 7.72. The lowest BCUT2D eigenvalue weighted by Crippen LogP contribution is -2.47. The molecule has 1 aromatic carbocycles. The number of hydrogen-bond donors (Lipinski definition) is 4. The summed E-state index contributed by atoms with van der Waals surface area (Å²) in [7, 11) is 0. The molecule has 24 heavy (non-hydrogen) atoms. The van der Waals surface area contributed by atoms with Gasteiger partial charge in [-0.2, -0.15) is 0 Å². The molecular weight excluding hydrogens is 336 g/mol. The third-order valence-electron chi connectivity index (χ3n) is 3.94. The number of carbonyl (C=O) groups is 2. The lowest BCUT2D eigenvalue weighted by atomic mass is 9.86. The molecule has 1 saturated carbocycles. The Bertz CT molecular complexity index is 616. The van der Waals surface area contributed by atoms with E-state index in [2.05, 4.69) is 10.6 Å². The van der Waals surface area contributed by atoms with Crippen LogP contribution in [0, 0.1) is 5.92 Å². The molecule has 1 aliphatic carbocycles. The van der Waals surface area contributed by atoms with Gasteiger partial charge < -0.3 is 25.6 Å². The van der Waals surface area contributed by atoms with E-state index in [1.54, 1.807) is 18.2 Å². The highest BCUT2D eigenvalue weighted by Gasteiger charge is 2.30. The summed E-state index contributed by atoms with van der Waals surface area (Å²) in [5, 5.41) is 23.7. The number of carboxylic acid groups (broad SMARTS) is 1. The zero-order chi connectivity index (χ0) is 17.7. The van der Waals surface area contributed by atoms with Crippen molar-refractivity contribution in [2.45, 2.75) is 31.8 Å². The third kappa shape index (κ3) is 5.01. The summed E-state index contributed by atoms with van der Waals surface area (Å²) >= 11 is 5.95. The maximum atomic E-state index is 11.9. The van der Waals surface area contributed by atoms with Crippen LogP contribution in [0.2, 0.25) is 5.02 Å². The number of carbonyl (C=O) groups excluding carboxylic acids is 1. The van der Waals surface area contributed by atoms with Crippen LogP contribution in [0.1, 0.15) is 26.2 Å². The average Bonchev–Trinajstić information content (AvgIpc) is 2.45.